The monoisotopic (exact) mass is 316 g/mol. The molecule has 0 fully saturated rings. The van der Waals surface area contributed by atoms with Gasteiger partial charge >= 0.3 is 0 Å². The minimum absolute atomic E-state index is 0.00538. The zero-order chi connectivity index (χ0) is 13.7. The van der Waals surface area contributed by atoms with E-state index in [0.29, 0.717) is 4.67 Å². The first-order valence-electron chi connectivity index (χ1n) is 6.29. The topological polar surface area (TPSA) is 45.5 Å². The van der Waals surface area contributed by atoms with Crippen LogP contribution in [-0.2, 0) is 4.79 Å². The fraction of sp³-hybridized carbons (Fsp3) is 0.615. The molecule has 1 aromatic rings. The predicted octanol–water partition coefficient (Wildman–Crippen LogP) is 2.95. The van der Waals surface area contributed by atoms with Crippen LogP contribution in [0.1, 0.15) is 39.5 Å². The van der Waals surface area contributed by atoms with Gasteiger partial charge in [0.15, 0.2) is 4.67 Å². The van der Waals surface area contributed by atoms with E-state index in [4.69, 9.17) is 4.42 Å². The van der Waals surface area contributed by atoms with E-state index in [0.717, 1.165) is 18.8 Å². The Hall–Kier alpha value is -0.810. The molecular weight excluding hydrogens is 296 g/mol. The minimum atomic E-state index is -0.219. The van der Waals surface area contributed by atoms with Gasteiger partial charge in [-0.1, -0.05) is 0 Å². The van der Waals surface area contributed by atoms with Crippen LogP contribution < -0.4 is 5.32 Å². The second kappa shape index (κ2) is 6.95. The van der Waals surface area contributed by atoms with E-state index in [1.54, 1.807) is 0 Å². The summed E-state index contributed by atoms with van der Waals surface area (Å²) >= 11 is 3.27. The lowest BCUT2D eigenvalue weighted by molar-refractivity contribution is -0.132. The number of amides is 1. The summed E-state index contributed by atoms with van der Waals surface area (Å²) in [6, 6.07) is 3.54. The molecule has 0 aliphatic rings. The van der Waals surface area contributed by atoms with Crippen LogP contribution in [-0.4, -0.2) is 29.9 Å². The van der Waals surface area contributed by atoms with Gasteiger partial charge in [0.1, 0.15) is 5.76 Å². The maximum Gasteiger partial charge on any atom is 0.239 e. The average Bonchev–Trinajstić information content (AvgIpc) is 2.77. The molecule has 4 nitrogen and oxygen atoms in total. The molecule has 0 spiro atoms. The van der Waals surface area contributed by atoms with Gasteiger partial charge in [0.05, 0.1) is 12.1 Å². The molecule has 0 radical (unpaired) electrons. The molecule has 0 bridgehead atoms. The first-order chi connectivity index (χ1) is 8.49. The number of nitrogens with one attached hydrogen (secondary N) is 1. The maximum atomic E-state index is 12.1. The molecule has 2 unspecified atom stereocenters. The summed E-state index contributed by atoms with van der Waals surface area (Å²) in [5.41, 5.74) is 0. The number of carbonyl (C=O) groups excluding carboxylic acids is 1. The van der Waals surface area contributed by atoms with Gasteiger partial charge < -0.3 is 9.32 Å². The molecule has 1 N–H and O–H groups in total. The van der Waals surface area contributed by atoms with Gasteiger partial charge in [-0.15, -0.1) is 0 Å². The van der Waals surface area contributed by atoms with E-state index in [1.807, 2.05) is 44.7 Å². The van der Waals surface area contributed by atoms with E-state index in [2.05, 4.69) is 21.2 Å². The molecule has 18 heavy (non-hydrogen) atoms. The number of hydrogen-bond donors (Lipinski definition) is 1. The molecule has 1 heterocycles. The molecule has 0 aliphatic carbocycles. The highest BCUT2D eigenvalue weighted by atomic mass is 79.9. The summed E-state index contributed by atoms with van der Waals surface area (Å²) in [6.45, 7) is 9.32. The summed E-state index contributed by atoms with van der Waals surface area (Å²) in [4.78, 5) is 13.9. The second-order valence-electron chi connectivity index (χ2n) is 4.26. The molecule has 2 atom stereocenters. The van der Waals surface area contributed by atoms with Gasteiger partial charge in [-0.25, -0.2) is 0 Å². The average molecular weight is 317 g/mol. The molecule has 1 rings (SSSR count). The van der Waals surface area contributed by atoms with E-state index < -0.39 is 0 Å². The number of rotatable bonds is 6. The number of furan rings is 1. The number of halogens is 1. The second-order valence-corrected chi connectivity index (χ2v) is 5.04. The SMILES string of the molecule is CCN(CC)C(=O)C(C)NC(C)c1ccc(Br)o1. The highest BCUT2D eigenvalue weighted by Crippen LogP contribution is 2.20. The Morgan fingerprint density at radius 1 is 1.39 bits per heavy atom. The zero-order valence-corrected chi connectivity index (χ0v) is 13.0. The van der Waals surface area contributed by atoms with Gasteiger partial charge in [-0.05, 0) is 55.8 Å². The number of likely N-dealkylation sites (N-methyl/N-ethyl adjacent to an activating group) is 1. The van der Waals surface area contributed by atoms with Crippen LogP contribution in [0.15, 0.2) is 21.2 Å². The summed E-state index contributed by atoms with van der Waals surface area (Å²) in [6.07, 6.45) is 0. The first kappa shape index (κ1) is 15.2. The van der Waals surface area contributed by atoms with E-state index in [-0.39, 0.29) is 18.0 Å². The first-order valence-corrected chi connectivity index (χ1v) is 7.08. The third-order valence-corrected chi connectivity index (χ3v) is 3.39. The lowest BCUT2D eigenvalue weighted by Crippen LogP contribution is -2.45. The highest BCUT2D eigenvalue weighted by molar-refractivity contribution is 9.10. The van der Waals surface area contributed by atoms with E-state index in [9.17, 15) is 4.79 Å². The molecule has 102 valence electrons. The third-order valence-electron chi connectivity index (χ3n) is 2.97. The molecule has 0 saturated carbocycles. The normalized spacial score (nSPS) is 14.3. The van der Waals surface area contributed by atoms with Crippen LogP contribution in [0.3, 0.4) is 0 Å². The maximum absolute atomic E-state index is 12.1. The summed E-state index contributed by atoms with van der Waals surface area (Å²) in [5.74, 6) is 0.943. The largest absolute Gasteiger partial charge is 0.453 e. The molecule has 5 heteroatoms. The van der Waals surface area contributed by atoms with Crippen molar-refractivity contribution in [2.45, 2.75) is 39.8 Å². The smallest absolute Gasteiger partial charge is 0.239 e. The summed E-state index contributed by atoms with van der Waals surface area (Å²) in [5, 5.41) is 3.25. The van der Waals surface area contributed by atoms with Gasteiger partial charge in [-0.3, -0.25) is 10.1 Å². The Balaban J connectivity index is 2.58. The van der Waals surface area contributed by atoms with Crippen LogP contribution in [0.4, 0.5) is 0 Å². The quantitative estimate of drug-likeness (QED) is 0.877. The van der Waals surface area contributed by atoms with Crippen molar-refractivity contribution < 1.29 is 9.21 Å². The molecule has 0 aromatic carbocycles. The van der Waals surface area contributed by atoms with Crippen molar-refractivity contribution in [2.24, 2.45) is 0 Å². The van der Waals surface area contributed by atoms with E-state index in [1.165, 1.54) is 0 Å². The Morgan fingerprint density at radius 3 is 2.44 bits per heavy atom. The van der Waals surface area contributed by atoms with Crippen molar-refractivity contribution in [1.29, 1.82) is 0 Å². The van der Waals surface area contributed by atoms with Crippen molar-refractivity contribution in [3.8, 4) is 0 Å². The Kier molecular flexibility index (Phi) is 5.88. The van der Waals surface area contributed by atoms with Gasteiger partial charge in [0.25, 0.3) is 0 Å². The highest BCUT2D eigenvalue weighted by Gasteiger charge is 2.21. The standard InChI is InChI=1S/C13H21BrN2O2/c1-5-16(6-2)13(17)10(4)15-9(3)11-7-8-12(14)18-11/h7-10,15H,5-6H2,1-4H3. The zero-order valence-electron chi connectivity index (χ0n) is 11.4. The van der Waals surface area contributed by atoms with Crippen molar-refractivity contribution in [2.75, 3.05) is 13.1 Å². The van der Waals surface area contributed by atoms with Crippen molar-refractivity contribution >= 4 is 21.8 Å². The van der Waals surface area contributed by atoms with Crippen LogP contribution in [0.2, 0.25) is 0 Å². The summed E-state index contributed by atoms with van der Waals surface area (Å²) in [7, 11) is 0. The molecule has 1 amide bonds. The number of hydrogen-bond acceptors (Lipinski definition) is 3. The van der Waals surface area contributed by atoms with Crippen LogP contribution >= 0.6 is 15.9 Å². The van der Waals surface area contributed by atoms with Crippen molar-refractivity contribution in [3.63, 3.8) is 0 Å². The van der Waals surface area contributed by atoms with Crippen LogP contribution in [0.5, 0.6) is 0 Å². The summed E-state index contributed by atoms with van der Waals surface area (Å²) < 4.78 is 6.17. The Labute approximate surface area is 117 Å². The Morgan fingerprint density at radius 2 is 2.00 bits per heavy atom. The fourth-order valence-electron chi connectivity index (χ4n) is 1.90. The third kappa shape index (κ3) is 3.85. The van der Waals surface area contributed by atoms with Gasteiger partial charge in [0, 0.05) is 13.1 Å². The molecular formula is C13H21BrN2O2. The predicted molar refractivity (Wildman–Crippen MR) is 75.3 cm³/mol. The number of carbonyl (C=O) groups is 1. The van der Waals surface area contributed by atoms with Gasteiger partial charge in [-0.2, -0.15) is 0 Å². The Bertz CT molecular complexity index is 388. The molecule has 0 aliphatic heterocycles. The van der Waals surface area contributed by atoms with Crippen molar-refractivity contribution in [3.05, 3.63) is 22.6 Å². The minimum Gasteiger partial charge on any atom is -0.453 e. The number of nitrogens with zero attached hydrogens (tertiary/aromatic N) is 1. The van der Waals surface area contributed by atoms with Crippen LogP contribution in [0.25, 0.3) is 0 Å². The lowest BCUT2D eigenvalue weighted by Gasteiger charge is -2.25. The van der Waals surface area contributed by atoms with Crippen LogP contribution in [0, 0.1) is 0 Å². The van der Waals surface area contributed by atoms with Gasteiger partial charge in [0.2, 0.25) is 5.91 Å². The van der Waals surface area contributed by atoms with Crippen molar-refractivity contribution in [1.82, 2.24) is 10.2 Å². The van der Waals surface area contributed by atoms with E-state index >= 15 is 0 Å². The molecule has 1 aromatic heterocycles. The lowest BCUT2D eigenvalue weighted by atomic mass is 10.2. The fourth-order valence-corrected chi connectivity index (χ4v) is 2.22. The molecule has 0 saturated heterocycles.